The molecule has 6 heteroatoms. The molecular formula is C18H24N2O4. The summed E-state index contributed by atoms with van der Waals surface area (Å²) in [6.45, 7) is 2.06. The molecule has 130 valence electrons. The minimum absolute atomic E-state index is 0.122. The van der Waals surface area contributed by atoms with E-state index in [-0.39, 0.29) is 24.3 Å². The molecule has 0 aliphatic carbocycles. The summed E-state index contributed by atoms with van der Waals surface area (Å²) in [5.41, 5.74) is 1.01. The van der Waals surface area contributed by atoms with Crippen LogP contribution in [0.4, 0.5) is 0 Å². The Kier molecular flexibility index (Phi) is 5.45. The zero-order valence-electron chi connectivity index (χ0n) is 13.8. The van der Waals surface area contributed by atoms with Crippen molar-refractivity contribution in [1.29, 1.82) is 0 Å². The SMILES string of the molecule is O=C(O)CCC1CCN(C(=O)[C@@H]2CCO[C@H]2c2ccncc2)CC1. The van der Waals surface area contributed by atoms with Crippen LogP contribution in [0.3, 0.4) is 0 Å². The standard InChI is InChI=1S/C18H24N2O4/c21-16(22)2-1-13-5-10-20(11-6-13)18(23)15-7-12-24-17(15)14-3-8-19-9-4-14/h3-4,8-9,13,15,17H,1-2,5-7,10-12H2,(H,21,22)/t15-,17+/m1/s1. The highest BCUT2D eigenvalue weighted by molar-refractivity contribution is 5.80. The first kappa shape index (κ1) is 16.9. The number of likely N-dealkylation sites (tertiary alicyclic amines) is 1. The second kappa shape index (κ2) is 7.75. The van der Waals surface area contributed by atoms with Gasteiger partial charge in [0.25, 0.3) is 0 Å². The molecule has 2 saturated heterocycles. The third-order valence-electron chi connectivity index (χ3n) is 5.14. The number of carboxylic acids is 1. The highest BCUT2D eigenvalue weighted by Gasteiger charge is 2.38. The number of carbonyl (C=O) groups is 2. The monoisotopic (exact) mass is 332 g/mol. The lowest BCUT2D eigenvalue weighted by Gasteiger charge is -2.34. The van der Waals surface area contributed by atoms with Gasteiger partial charge in [0.15, 0.2) is 0 Å². The van der Waals surface area contributed by atoms with E-state index in [1.54, 1.807) is 12.4 Å². The van der Waals surface area contributed by atoms with Crippen LogP contribution in [0.2, 0.25) is 0 Å². The molecule has 2 atom stereocenters. The Bertz CT molecular complexity index is 570. The number of nitrogens with zero attached hydrogens (tertiary/aromatic N) is 2. The molecule has 2 aliphatic rings. The highest BCUT2D eigenvalue weighted by atomic mass is 16.5. The maximum atomic E-state index is 12.9. The number of aromatic nitrogens is 1. The van der Waals surface area contributed by atoms with Crippen molar-refractivity contribution in [2.75, 3.05) is 19.7 Å². The van der Waals surface area contributed by atoms with Crippen LogP contribution in [-0.2, 0) is 14.3 Å². The maximum absolute atomic E-state index is 12.9. The largest absolute Gasteiger partial charge is 0.481 e. The number of rotatable bonds is 5. The summed E-state index contributed by atoms with van der Waals surface area (Å²) >= 11 is 0. The van der Waals surface area contributed by atoms with Crippen LogP contribution in [0.1, 0.15) is 43.8 Å². The lowest BCUT2D eigenvalue weighted by atomic mass is 9.90. The Morgan fingerprint density at radius 2 is 1.92 bits per heavy atom. The second-order valence-electron chi connectivity index (χ2n) is 6.67. The Morgan fingerprint density at radius 1 is 1.21 bits per heavy atom. The average Bonchev–Trinajstić information content (AvgIpc) is 3.10. The third-order valence-corrected chi connectivity index (χ3v) is 5.14. The summed E-state index contributed by atoms with van der Waals surface area (Å²) in [7, 11) is 0. The Hall–Kier alpha value is -1.95. The summed E-state index contributed by atoms with van der Waals surface area (Å²) in [4.78, 5) is 29.5. The molecule has 1 N–H and O–H groups in total. The van der Waals surface area contributed by atoms with Crippen LogP contribution in [0.15, 0.2) is 24.5 Å². The number of pyridine rings is 1. The lowest BCUT2D eigenvalue weighted by Crippen LogP contribution is -2.42. The zero-order valence-corrected chi connectivity index (χ0v) is 13.8. The van der Waals surface area contributed by atoms with Gasteiger partial charge in [-0.25, -0.2) is 0 Å². The molecule has 0 unspecified atom stereocenters. The summed E-state index contributed by atoms with van der Waals surface area (Å²) in [6, 6.07) is 3.82. The van der Waals surface area contributed by atoms with Gasteiger partial charge >= 0.3 is 5.97 Å². The predicted molar refractivity (Wildman–Crippen MR) is 87.2 cm³/mol. The van der Waals surface area contributed by atoms with Crippen LogP contribution < -0.4 is 0 Å². The van der Waals surface area contributed by atoms with E-state index in [0.29, 0.717) is 18.9 Å². The maximum Gasteiger partial charge on any atom is 0.303 e. The van der Waals surface area contributed by atoms with Crippen LogP contribution in [-0.4, -0.2) is 46.6 Å². The minimum atomic E-state index is -0.739. The van der Waals surface area contributed by atoms with Gasteiger partial charge < -0.3 is 14.7 Å². The fourth-order valence-electron chi connectivity index (χ4n) is 3.73. The van der Waals surface area contributed by atoms with E-state index < -0.39 is 5.97 Å². The second-order valence-corrected chi connectivity index (χ2v) is 6.67. The smallest absolute Gasteiger partial charge is 0.303 e. The van der Waals surface area contributed by atoms with E-state index in [9.17, 15) is 9.59 Å². The van der Waals surface area contributed by atoms with Crippen LogP contribution in [0.5, 0.6) is 0 Å². The van der Waals surface area contributed by atoms with Gasteiger partial charge in [0.2, 0.25) is 5.91 Å². The number of piperidine rings is 1. The molecule has 0 bridgehead atoms. The number of carboxylic acid groups (broad SMARTS) is 1. The first-order chi connectivity index (χ1) is 11.6. The number of hydrogen-bond donors (Lipinski definition) is 1. The molecule has 24 heavy (non-hydrogen) atoms. The van der Waals surface area contributed by atoms with E-state index in [1.165, 1.54) is 0 Å². The van der Waals surface area contributed by atoms with Gasteiger partial charge in [0.05, 0.1) is 12.0 Å². The molecule has 1 amide bonds. The van der Waals surface area contributed by atoms with Crippen molar-refractivity contribution in [2.45, 2.75) is 38.2 Å². The van der Waals surface area contributed by atoms with Crippen molar-refractivity contribution >= 4 is 11.9 Å². The quantitative estimate of drug-likeness (QED) is 0.895. The van der Waals surface area contributed by atoms with Gasteiger partial charge in [0.1, 0.15) is 0 Å². The minimum Gasteiger partial charge on any atom is -0.481 e. The van der Waals surface area contributed by atoms with Crippen LogP contribution in [0, 0.1) is 11.8 Å². The predicted octanol–water partition coefficient (Wildman–Crippen LogP) is 2.26. The van der Waals surface area contributed by atoms with Gasteiger partial charge in [-0.15, -0.1) is 0 Å². The van der Waals surface area contributed by atoms with Crippen LogP contribution in [0.25, 0.3) is 0 Å². The number of carbonyl (C=O) groups excluding carboxylic acids is 1. The summed E-state index contributed by atoms with van der Waals surface area (Å²) in [5, 5.41) is 8.78. The van der Waals surface area contributed by atoms with Crippen molar-refractivity contribution in [3.63, 3.8) is 0 Å². The first-order valence-electron chi connectivity index (χ1n) is 8.67. The van der Waals surface area contributed by atoms with Gasteiger partial charge in [0, 0.05) is 38.5 Å². The first-order valence-corrected chi connectivity index (χ1v) is 8.67. The molecule has 0 radical (unpaired) electrons. The molecule has 0 saturated carbocycles. The number of ether oxygens (including phenoxy) is 1. The zero-order chi connectivity index (χ0) is 16.9. The van der Waals surface area contributed by atoms with Crippen molar-refractivity contribution in [3.8, 4) is 0 Å². The summed E-state index contributed by atoms with van der Waals surface area (Å²) in [5.74, 6) is -0.272. The number of aliphatic carboxylic acids is 1. The average molecular weight is 332 g/mol. The molecule has 3 rings (SSSR count). The topological polar surface area (TPSA) is 79.7 Å². The van der Waals surface area contributed by atoms with E-state index in [2.05, 4.69) is 4.98 Å². The Labute approximate surface area is 141 Å². The fourth-order valence-corrected chi connectivity index (χ4v) is 3.73. The molecule has 0 spiro atoms. The number of amides is 1. The summed E-state index contributed by atoms with van der Waals surface area (Å²) in [6.07, 6.45) is 6.76. The van der Waals surface area contributed by atoms with Crippen molar-refractivity contribution in [2.24, 2.45) is 11.8 Å². The van der Waals surface area contributed by atoms with Crippen molar-refractivity contribution < 1.29 is 19.4 Å². The molecule has 2 fully saturated rings. The molecular weight excluding hydrogens is 308 g/mol. The molecule has 0 aromatic carbocycles. The van der Waals surface area contributed by atoms with Gasteiger partial charge in [-0.3, -0.25) is 14.6 Å². The molecule has 2 aliphatic heterocycles. The number of hydrogen-bond acceptors (Lipinski definition) is 4. The van der Waals surface area contributed by atoms with Crippen LogP contribution >= 0.6 is 0 Å². The normalized spacial score (nSPS) is 24.9. The van der Waals surface area contributed by atoms with E-state index >= 15 is 0 Å². The van der Waals surface area contributed by atoms with E-state index in [1.807, 2.05) is 17.0 Å². The van der Waals surface area contributed by atoms with E-state index in [4.69, 9.17) is 9.84 Å². The molecule has 1 aromatic heterocycles. The highest BCUT2D eigenvalue weighted by Crippen LogP contribution is 2.36. The van der Waals surface area contributed by atoms with E-state index in [0.717, 1.165) is 37.9 Å². The fraction of sp³-hybridized carbons (Fsp3) is 0.611. The molecule has 3 heterocycles. The third kappa shape index (κ3) is 3.93. The van der Waals surface area contributed by atoms with Gasteiger partial charge in [-0.05, 0) is 49.3 Å². The summed E-state index contributed by atoms with van der Waals surface area (Å²) < 4.78 is 5.81. The van der Waals surface area contributed by atoms with Crippen molar-refractivity contribution in [3.05, 3.63) is 30.1 Å². The molecule has 6 nitrogen and oxygen atoms in total. The lowest BCUT2D eigenvalue weighted by molar-refractivity contribution is -0.140. The molecule has 1 aromatic rings. The van der Waals surface area contributed by atoms with Crippen molar-refractivity contribution in [1.82, 2.24) is 9.88 Å². The van der Waals surface area contributed by atoms with Gasteiger partial charge in [-0.2, -0.15) is 0 Å². The Balaban J connectivity index is 1.56. The Morgan fingerprint density at radius 3 is 2.58 bits per heavy atom. The van der Waals surface area contributed by atoms with Gasteiger partial charge in [-0.1, -0.05) is 0 Å².